The zero-order valence-corrected chi connectivity index (χ0v) is 12.2. The Kier molecular flexibility index (Phi) is 4.28. The molecule has 0 aliphatic heterocycles. The number of benzene rings is 2. The van der Waals surface area contributed by atoms with E-state index in [9.17, 15) is 0 Å². The first-order valence-electron chi connectivity index (χ1n) is 6.64. The van der Waals surface area contributed by atoms with Crippen molar-refractivity contribution in [2.45, 2.75) is 32.2 Å². The molecule has 2 aromatic carbocycles. The van der Waals surface area contributed by atoms with Crippen LogP contribution in [0.25, 0.3) is 0 Å². The van der Waals surface area contributed by atoms with E-state index in [2.05, 4.69) is 38.1 Å². The van der Waals surface area contributed by atoms with Gasteiger partial charge in [-0.3, -0.25) is 0 Å². The van der Waals surface area contributed by atoms with Crippen LogP contribution in [0.4, 0.5) is 0 Å². The Balaban J connectivity index is 2.24. The van der Waals surface area contributed by atoms with E-state index in [1.807, 2.05) is 24.3 Å². The molecule has 0 aromatic heterocycles. The van der Waals surface area contributed by atoms with Crippen LogP contribution in [0.15, 0.2) is 48.5 Å². The molecule has 1 nitrogen and oxygen atoms in total. The van der Waals surface area contributed by atoms with E-state index < -0.39 is 5.54 Å². The van der Waals surface area contributed by atoms with Crippen LogP contribution < -0.4 is 5.73 Å². The van der Waals surface area contributed by atoms with E-state index >= 15 is 0 Å². The van der Waals surface area contributed by atoms with Gasteiger partial charge in [0.15, 0.2) is 0 Å². The molecule has 2 heteroatoms. The number of rotatable bonds is 4. The van der Waals surface area contributed by atoms with Gasteiger partial charge in [-0.1, -0.05) is 61.0 Å². The molecule has 2 N–H and O–H groups in total. The SMILES string of the molecule is CCc1ccc(C(C)(N)Cc2ccccc2Cl)cc1. The smallest absolute Gasteiger partial charge is 0.0438 e. The van der Waals surface area contributed by atoms with Crippen molar-refractivity contribution < 1.29 is 0 Å². The summed E-state index contributed by atoms with van der Waals surface area (Å²) in [5, 5.41) is 0.782. The summed E-state index contributed by atoms with van der Waals surface area (Å²) in [6.07, 6.45) is 1.78. The largest absolute Gasteiger partial charge is 0.321 e. The minimum atomic E-state index is -0.405. The summed E-state index contributed by atoms with van der Waals surface area (Å²) in [6.45, 7) is 4.21. The first-order chi connectivity index (χ1) is 9.03. The second-order valence-electron chi connectivity index (χ2n) is 5.24. The van der Waals surface area contributed by atoms with Crippen molar-refractivity contribution in [3.05, 3.63) is 70.2 Å². The fourth-order valence-electron chi connectivity index (χ4n) is 2.26. The zero-order chi connectivity index (χ0) is 13.9. The normalized spacial score (nSPS) is 14.1. The summed E-state index contributed by atoms with van der Waals surface area (Å²) < 4.78 is 0. The third-order valence-electron chi connectivity index (χ3n) is 3.54. The number of halogens is 1. The summed E-state index contributed by atoms with van der Waals surface area (Å²) in [7, 11) is 0. The van der Waals surface area contributed by atoms with Crippen molar-refractivity contribution in [3.63, 3.8) is 0 Å². The number of nitrogens with two attached hydrogens (primary N) is 1. The van der Waals surface area contributed by atoms with Gasteiger partial charge in [-0.2, -0.15) is 0 Å². The van der Waals surface area contributed by atoms with Crippen molar-refractivity contribution >= 4 is 11.6 Å². The molecule has 2 rings (SSSR count). The molecule has 0 amide bonds. The molecule has 0 spiro atoms. The van der Waals surface area contributed by atoms with E-state index in [-0.39, 0.29) is 0 Å². The molecule has 1 atom stereocenters. The molecule has 0 bridgehead atoms. The average molecular weight is 274 g/mol. The van der Waals surface area contributed by atoms with Gasteiger partial charge in [-0.25, -0.2) is 0 Å². The van der Waals surface area contributed by atoms with Crippen LogP contribution in [0.2, 0.25) is 5.02 Å². The monoisotopic (exact) mass is 273 g/mol. The first-order valence-corrected chi connectivity index (χ1v) is 7.02. The number of hydrogen-bond acceptors (Lipinski definition) is 1. The lowest BCUT2D eigenvalue weighted by molar-refractivity contribution is 0.491. The van der Waals surface area contributed by atoms with Gasteiger partial charge in [0, 0.05) is 10.6 Å². The lowest BCUT2D eigenvalue weighted by Crippen LogP contribution is -2.35. The quantitative estimate of drug-likeness (QED) is 0.882. The summed E-state index contributed by atoms with van der Waals surface area (Å²) >= 11 is 6.21. The summed E-state index contributed by atoms with van der Waals surface area (Å²) in [5.74, 6) is 0. The molecular formula is C17H20ClN. The maximum atomic E-state index is 6.47. The van der Waals surface area contributed by atoms with Gasteiger partial charge < -0.3 is 5.73 Å². The highest BCUT2D eigenvalue weighted by Crippen LogP contribution is 2.26. The summed E-state index contributed by atoms with van der Waals surface area (Å²) in [5.41, 5.74) is 9.63. The van der Waals surface area contributed by atoms with Gasteiger partial charge in [-0.05, 0) is 42.5 Å². The van der Waals surface area contributed by atoms with E-state index in [0.717, 1.165) is 29.0 Å². The van der Waals surface area contributed by atoms with Crippen molar-refractivity contribution in [3.8, 4) is 0 Å². The molecule has 0 radical (unpaired) electrons. The Bertz CT molecular complexity index is 543. The molecule has 19 heavy (non-hydrogen) atoms. The Morgan fingerprint density at radius 2 is 1.68 bits per heavy atom. The van der Waals surface area contributed by atoms with E-state index in [4.69, 9.17) is 17.3 Å². The lowest BCUT2D eigenvalue weighted by atomic mass is 9.86. The highest BCUT2D eigenvalue weighted by atomic mass is 35.5. The van der Waals surface area contributed by atoms with Crippen molar-refractivity contribution in [2.24, 2.45) is 5.73 Å². The zero-order valence-electron chi connectivity index (χ0n) is 11.5. The standard InChI is InChI=1S/C17H20ClN/c1-3-13-8-10-15(11-9-13)17(2,19)12-14-6-4-5-7-16(14)18/h4-11H,3,12,19H2,1-2H3. The fourth-order valence-corrected chi connectivity index (χ4v) is 2.46. The minimum Gasteiger partial charge on any atom is -0.321 e. The highest BCUT2D eigenvalue weighted by molar-refractivity contribution is 6.31. The summed E-state index contributed by atoms with van der Waals surface area (Å²) in [6, 6.07) is 16.4. The van der Waals surface area contributed by atoms with Crippen LogP contribution in [0.3, 0.4) is 0 Å². The lowest BCUT2D eigenvalue weighted by Gasteiger charge is -2.26. The maximum Gasteiger partial charge on any atom is 0.0438 e. The predicted molar refractivity (Wildman–Crippen MR) is 82.5 cm³/mol. The van der Waals surface area contributed by atoms with Crippen LogP contribution in [-0.4, -0.2) is 0 Å². The van der Waals surface area contributed by atoms with E-state index in [1.165, 1.54) is 5.56 Å². The van der Waals surface area contributed by atoms with Gasteiger partial charge in [0.05, 0.1) is 0 Å². The van der Waals surface area contributed by atoms with Crippen LogP contribution in [0.5, 0.6) is 0 Å². The third kappa shape index (κ3) is 3.37. The third-order valence-corrected chi connectivity index (χ3v) is 3.91. The van der Waals surface area contributed by atoms with Crippen molar-refractivity contribution in [2.75, 3.05) is 0 Å². The van der Waals surface area contributed by atoms with Gasteiger partial charge >= 0.3 is 0 Å². The molecule has 0 aliphatic carbocycles. The number of hydrogen-bond donors (Lipinski definition) is 1. The van der Waals surface area contributed by atoms with Crippen molar-refractivity contribution in [1.29, 1.82) is 0 Å². The fraction of sp³-hybridized carbons (Fsp3) is 0.294. The number of aryl methyl sites for hydroxylation is 1. The van der Waals surface area contributed by atoms with Gasteiger partial charge in [-0.15, -0.1) is 0 Å². The molecule has 0 heterocycles. The van der Waals surface area contributed by atoms with Gasteiger partial charge in [0.2, 0.25) is 0 Å². The molecule has 0 saturated carbocycles. The first kappa shape index (κ1) is 14.1. The average Bonchev–Trinajstić information content (AvgIpc) is 2.41. The van der Waals surface area contributed by atoms with Crippen LogP contribution in [-0.2, 0) is 18.4 Å². The second kappa shape index (κ2) is 5.77. The van der Waals surface area contributed by atoms with Gasteiger partial charge in [0.1, 0.15) is 0 Å². The predicted octanol–water partition coefficient (Wildman–Crippen LogP) is 4.32. The van der Waals surface area contributed by atoms with Crippen molar-refractivity contribution in [1.82, 2.24) is 0 Å². The minimum absolute atomic E-state index is 0.405. The van der Waals surface area contributed by atoms with Gasteiger partial charge in [0.25, 0.3) is 0 Å². The molecule has 0 fully saturated rings. The molecule has 2 aromatic rings. The summed E-state index contributed by atoms with van der Waals surface area (Å²) in [4.78, 5) is 0. The van der Waals surface area contributed by atoms with Crippen LogP contribution >= 0.6 is 11.6 Å². The Morgan fingerprint density at radius 1 is 1.05 bits per heavy atom. The molecule has 0 aliphatic rings. The maximum absolute atomic E-state index is 6.47. The molecular weight excluding hydrogens is 254 g/mol. The molecule has 0 saturated heterocycles. The Morgan fingerprint density at radius 3 is 2.26 bits per heavy atom. The molecule has 100 valence electrons. The highest BCUT2D eigenvalue weighted by Gasteiger charge is 2.22. The van der Waals surface area contributed by atoms with E-state index in [0.29, 0.717) is 0 Å². The van der Waals surface area contributed by atoms with E-state index in [1.54, 1.807) is 0 Å². The second-order valence-corrected chi connectivity index (χ2v) is 5.64. The topological polar surface area (TPSA) is 26.0 Å². The Labute approximate surface area is 120 Å². The molecule has 1 unspecified atom stereocenters. The Hall–Kier alpha value is -1.31. The van der Waals surface area contributed by atoms with Crippen LogP contribution in [0.1, 0.15) is 30.5 Å². The van der Waals surface area contributed by atoms with Crippen LogP contribution in [0, 0.1) is 0 Å².